The van der Waals surface area contributed by atoms with Gasteiger partial charge in [-0.1, -0.05) is 23.7 Å². The van der Waals surface area contributed by atoms with E-state index < -0.39 is 0 Å². The van der Waals surface area contributed by atoms with Gasteiger partial charge in [-0.15, -0.1) is 0 Å². The minimum Gasteiger partial charge on any atom is -0.232 e. The summed E-state index contributed by atoms with van der Waals surface area (Å²) in [5, 5.41) is 10.9. The van der Waals surface area contributed by atoms with Gasteiger partial charge >= 0.3 is 0 Å². The highest BCUT2D eigenvalue weighted by Gasteiger charge is 1.88. The van der Waals surface area contributed by atoms with E-state index in [1.165, 1.54) is 0 Å². The first-order valence-electron chi connectivity index (χ1n) is 2.65. The highest BCUT2D eigenvalue weighted by Crippen LogP contribution is 2.08. The van der Waals surface area contributed by atoms with E-state index in [1.807, 2.05) is 0 Å². The normalized spacial score (nSPS) is 9.56. The number of benzene rings is 1. The minimum absolute atomic E-state index is 0.169. The van der Waals surface area contributed by atoms with Crippen molar-refractivity contribution in [3.63, 3.8) is 0 Å². The predicted octanol–water partition coefficient (Wildman–Crippen LogP) is 2.27. The second-order valence-electron chi connectivity index (χ2n) is 1.77. The lowest BCUT2D eigenvalue weighted by Gasteiger charge is -1.91. The Morgan fingerprint density at radius 1 is 1.22 bits per heavy atom. The lowest BCUT2D eigenvalue weighted by atomic mass is 10.2. The maximum Gasteiger partial charge on any atom is 0.107 e. The molecule has 0 bridgehead atoms. The summed E-state index contributed by atoms with van der Waals surface area (Å²) in [7, 11) is 0. The Hall–Kier alpha value is -0.530. The molecule has 47 valence electrons. The summed E-state index contributed by atoms with van der Waals surface area (Å²) in [4.78, 5) is 0. The highest BCUT2D eigenvalue weighted by atomic mass is 35.5. The van der Waals surface area contributed by atoms with Crippen molar-refractivity contribution in [3.8, 4) is 0 Å². The van der Waals surface area contributed by atoms with Gasteiger partial charge in [-0.3, -0.25) is 0 Å². The first-order chi connectivity index (χ1) is 4.33. The molecule has 0 N–H and O–H groups in total. The maximum absolute atomic E-state index is 10.2. The van der Waals surface area contributed by atoms with Crippen LogP contribution in [0.2, 0.25) is 5.02 Å². The fraction of sp³-hybridized carbons (Fsp3) is 0.143. The van der Waals surface area contributed by atoms with Crippen molar-refractivity contribution in [2.45, 2.75) is 6.61 Å². The molecule has 1 nitrogen and oxygen atoms in total. The largest absolute Gasteiger partial charge is 0.232 e. The van der Waals surface area contributed by atoms with E-state index in [2.05, 4.69) is 0 Å². The van der Waals surface area contributed by atoms with Crippen molar-refractivity contribution in [1.82, 2.24) is 0 Å². The molecule has 2 heteroatoms. The number of halogens is 1. The lowest BCUT2D eigenvalue weighted by molar-refractivity contribution is 0.177. The van der Waals surface area contributed by atoms with Gasteiger partial charge in [0.25, 0.3) is 0 Å². The van der Waals surface area contributed by atoms with Crippen LogP contribution in [0.4, 0.5) is 0 Å². The Balaban J connectivity index is 2.88. The third-order valence-corrected chi connectivity index (χ3v) is 1.33. The van der Waals surface area contributed by atoms with Crippen molar-refractivity contribution in [2.75, 3.05) is 0 Å². The van der Waals surface area contributed by atoms with E-state index in [9.17, 15) is 5.11 Å². The van der Waals surface area contributed by atoms with Gasteiger partial charge < -0.3 is 0 Å². The quantitative estimate of drug-likeness (QED) is 0.572. The van der Waals surface area contributed by atoms with Gasteiger partial charge in [-0.2, -0.15) is 0 Å². The molecular weight excluding hydrogens is 136 g/mol. The summed E-state index contributed by atoms with van der Waals surface area (Å²) < 4.78 is 0. The smallest absolute Gasteiger partial charge is 0.107 e. The summed E-state index contributed by atoms with van der Waals surface area (Å²) >= 11 is 5.57. The SMILES string of the molecule is [O]Cc1ccc(Cl)cc1. The first kappa shape index (κ1) is 6.59. The molecule has 0 spiro atoms. The van der Waals surface area contributed by atoms with Crippen molar-refractivity contribution < 1.29 is 5.11 Å². The van der Waals surface area contributed by atoms with Crippen LogP contribution in [0.1, 0.15) is 5.56 Å². The molecule has 0 unspecified atom stereocenters. The number of rotatable bonds is 1. The summed E-state index contributed by atoms with van der Waals surface area (Å²) in [5.41, 5.74) is 0.777. The summed E-state index contributed by atoms with van der Waals surface area (Å²) in [6, 6.07) is 6.90. The lowest BCUT2D eigenvalue weighted by Crippen LogP contribution is -1.77. The van der Waals surface area contributed by atoms with Crippen molar-refractivity contribution in [3.05, 3.63) is 34.9 Å². The zero-order valence-corrected chi connectivity index (χ0v) is 5.56. The molecule has 0 heterocycles. The fourth-order valence-electron chi connectivity index (χ4n) is 0.581. The van der Waals surface area contributed by atoms with Gasteiger partial charge in [0.2, 0.25) is 0 Å². The van der Waals surface area contributed by atoms with Gasteiger partial charge in [-0.25, -0.2) is 5.11 Å². The van der Waals surface area contributed by atoms with Crippen LogP contribution in [0.3, 0.4) is 0 Å². The van der Waals surface area contributed by atoms with Gasteiger partial charge in [0.05, 0.1) is 0 Å². The van der Waals surface area contributed by atoms with E-state index in [4.69, 9.17) is 11.6 Å². The molecule has 1 aromatic rings. The van der Waals surface area contributed by atoms with Crippen LogP contribution in [-0.2, 0) is 11.7 Å². The highest BCUT2D eigenvalue weighted by molar-refractivity contribution is 6.30. The van der Waals surface area contributed by atoms with Gasteiger partial charge in [0.1, 0.15) is 6.61 Å². The summed E-state index contributed by atoms with van der Waals surface area (Å²) in [6.07, 6.45) is 0. The molecule has 1 rings (SSSR count). The van der Waals surface area contributed by atoms with Gasteiger partial charge in [-0.05, 0) is 17.7 Å². The van der Waals surface area contributed by atoms with Crippen molar-refractivity contribution in [2.24, 2.45) is 0 Å². The van der Waals surface area contributed by atoms with E-state index in [-0.39, 0.29) is 6.61 Å². The summed E-state index contributed by atoms with van der Waals surface area (Å²) in [5.74, 6) is 0. The van der Waals surface area contributed by atoms with Crippen LogP contribution in [0.25, 0.3) is 0 Å². The van der Waals surface area contributed by atoms with Crippen LogP contribution in [-0.4, -0.2) is 0 Å². The molecule has 0 amide bonds. The topological polar surface area (TPSA) is 19.9 Å². The van der Waals surface area contributed by atoms with Crippen LogP contribution < -0.4 is 0 Å². The molecule has 1 aromatic carbocycles. The Morgan fingerprint density at radius 2 is 1.78 bits per heavy atom. The standard InChI is InChI=1S/C7H6ClO/c8-7-3-1-6(5-9)2-4-7/h1-4H,5H2. The second-order valence-corrected chi connectivity index (χ2v) is 2.21. The molecule has 0 fully saturated rings. The predicted molar refractivity (Wildman–Crippen MR) is 35.8 cm³/mol. The molecule has 0 saturated carbocycles. The van der Waals surface area contributed by atoms with E-state index in [0.717, 1.165) is 5.56 Å². The average molecular weight is 142 g/mol. The van der Waals surface area contributed by atoms with Gasteiger partial charge in [0.15, 0.2) is 0 Å². The molecule has 9 heavy (non-hydrogen) atoms. The third kappa shape index (κ3) is 1.70. The molecule has 1 radical (unpaired) electrons. The van der Waals surface area contributed by atoms with Crippen LogP contribution in [0.5, 0.6) is 0 Å². The molecule has 0 aliphatic carbocycles. The molecule has 0 aliphatic heterocycles. The van der Waals surface area contributed by atoms with E-state index in [0.29, 0.717) is 5.02 Å². The van der Waals surface area contributed by atoms with Crippen LogP contribution in [0, 0.1) is 0 Å². The van der Waals surface area contributed by atoms with Gasteiger partial charge in [0, 0.05) is 5.02 Å². The maximum atomic E-state index is 10.2. The average Bonchev–Trinajstić information content (AvgIpc) is 1.90. The second kappa shape index (κ2) is 2.85. The third-order valence-electron chi connectivity index (χ3n) is 1.08. The van der Waals surface area contributed by atoms with Crippen molar-refractivity contribution >= 4 is 11.6 Å². The number of hydrogen-bond donors (Lipinski definition) is 0. The van der Waals surface area contributed by atoms with Crippen LogP contribution >= 0.6 is 11.6 Å². The molecular formula is C7H6ClO. The molecule has 0 saturated heterocycles. The van der Waals surface area contributed by atoms with E-state index in [1.54, 1.807) is 24.3 Å². The first-order valence-corrected chi connectivity index (χ1v) is 3.03. The zero-order valence-electron chi connectivity index (χ0n) is 4.80. The Morgan fingerprint density at radius 3 is 2.22 bits per heavy atom. The molecule has 0 atom stereocenters. The van der Waals surface area contributed by atoms with Crippen molar-refractivity contribution in [1.29, 1.82) is 0 Å². The zero-order chi connectivity index (χ0) is 6.69. The van der Waals surface area contributed by atoms with Crippen LogP contribution in [0.15, 0.2) is 24.3 Å². The summed E-state index contributed by atoms with van der Waals surface area (Å²) in [6.45, 7) is -0.169. The molecule has 0 aromatic heterocycles. The fourth-order valence-corrected chi connectivity index (χ4v) is 0.707. The minimum atomic E-state index is -0.169. The van der Waals surface area contributed by atoms with E-state index >= 15 is 0 Å². The molecule has 0 aliphatic rings. The Kier molecular flexibility index (Phi) is 2.09. The Labute approximate surface area is 58.9 Å². The monoisotopic (exact) mass is 141 g/mol. The Bertz CT molecular complexity index is 181. The number of hydrogen-bond acceptors (Lipinski definition) is 0.